The number of nitrogens with two attached hydrogens (primary N) is 1. The predicted molar refractivity (Wildman–Crippen MR) is 99.3 cm³/mol. The van der Waals surface area contributed by atoms with Crippen molar-refractivity contribution in [3.05, 3.63) is 69.7 Å². The Labute approximate surface area is 153 Å². The lowest BCUT2D eigenvalue weighted by Crippen LogP contribution is -2.93. The van der Waals surface area contributed by atoms with Gasteiger partial charge in [-0.1, -0.05) is 61.3 Å². The van der Waals surface area contributed by atoms with Crippen molar-refractivity contribution < 1.29 is 10.4 Å². The highest BCUT2D eigenvalue weighted by atomic mass is 35.5. The molecule has 1 saturated heterocycles. The molecule has 4 heteroatoms. The third-order valence-electron chi connectivity index (χ3n) is 5.85. The van der Waals surface area contributed by atoms with Gasteiger partial charge in [0.1, 0.15) is 12.1 Å². The van der Waals surface area contributed by atoms with E-state index in [2.05, 4.69) is 43.4 Å². The average Bonchev–Trinajstić information content (AvgIpc) is 2.56. The van der Waals surface area contributed by atoms with Gasteiger partial charge in [-0.25, -0.2) is 0 Å². The largest absolute Gasteiger partial charge is 0.389 e. The highest BCUT2D eigenvalue weighted by molar-refractivity contribution is 6.30. The molecule has 0 aromatic heterocycles. The molecule has 2 aromatic rings. The first-order valence-corrected chi connectivity index (χ1v) is 9.14. The summed E-state index contributed by atoms with van der Waals surface area (Å²) in [5.74, 6) is 0.245. The average molecular weight is 365 g/mol. The number of hydrogen-bond acceptors (Lipinski definition) is 1. The van der Waals surface area contributed by atoms with E-state index in [4.69, 9.17) is 23.2 Å². The smallest absolute Gasteiger partial charge is 0.117 e. The molecule has 0 amide bonds. The van der Waals surface area contributed by atoms with E-state index in [9.17, 15) is 5.11 Å². The first-order valence-electron chi connectivity index (χ1n) is 8.39. The summed E-state index contributed by atoms with van der Waals surface area (Å²) in [6, 6.07) is 16.3. The number of benzene rings is 2. The van der Waals surface area contributed by atoms with Gasteiger partial charge in [-0.3, -0.25) is 0 Å². The maximum absolute atomic E-state index is 11.2. The van der Waals surface area contributed by atoms with E-state index >= 15 is 0 Å². The first-order chi connectivity index (χ1) is 11.3. The van der Waals surface area contributed by atoms with E-state index in [0.29, 0.717) is 0 Å². The summed E-state index contributed by atoms with van der Waals surface area (Å²) in [6.45, 7) is 6.22. The van der Waals surface area contributed by atoms with Crippen LogP contribution >= 0.6 is 23.2 Å². The van der Waals surface area contributed by atoms with Crippen molar-refractivity contribution in [2.75, 3.05) is 0 Å². The molecule has 0 saturated carbocycles. The number of quaternary nitrogens is 1. The van der Waals surface area contributed by atoms with Crippen LogP contribution in [0.2, 0.25) is 10.0 Å². The molecule has 0 spiro atoms. The van der Waals surface area contributed by atoms with E-state index in [1.54, 1.807) is 0 Å². The molecule has 2 nitrogen and oxygen atoms in total. The van der Waals surface area contributed by atoms with Crippen LogP contribution in [0.4, 0.5) is 0 Å². The third-order valence-corrected chi connectivity index (χ3v) is 6.35. The van der Waals surface area contributed by atoms with Crippen LogP contribution in [0.5, 0.6) is 0 Å². The fraction of sp³-hybridized carbons (Fsp3) is 0.400. The van der Waals surface area contributed by atoms with Crippen molar-refractivity contribution in [2.45, 2.75) is 38.5 Å². The first kappa shape index (κ1) is 17.8. The van der Waals surface area contributed by atoms with Crippen molar-refractivity contribution in [3.63, 3.8) is 0 Å². The van der Waals surface area contributed by atoms with Crippen molar-refractivity contribution in [2.24, 2.45) is 11.8 Å². The van der Waals surface area contributed by atoms with Gasteiger partial charge in [0.25, 0.3) is 0 Å². The normalized spacial score (nSPS) is 33.4. The number of aliphatic hydroxyl groups is 1. The molecule has 0 radical (unpaired) electrons. The molecule has 0 aliphatic carbocycles. The zero-order chi connectivity index (χ0) is 17.5. The van der Waals surface area contributed by atoms with Gasteiger partial charge in [-0.05, 0) is 31.2 Å². The molecule has 5 atom stereocenters. The fourth-order valence-corrected chi connectivity index (χ4v) is 4.12. The lowest BCUT2D eigenvalue weighted by molar-refractivity contribution is -0.763. The van der Waals surface area contributed by atoms with Gasteiger partial charge in [0, 0.05) is 33.0 Å². The minimum Gasteiger partial charge on any atom is -0.389 e. The maximum Gasteiger partial charge on any atom is 0.117 e. The predicted octanol–water partition coefficient (Wildman–Crippen LogP) is 4.38. The summed E-state index contributed by atoms with van der Waals surface area (Å²) in [7, 11) is 0. The Morgan fingerprint density at radius 3 is 1.46 bits per heavy atom. The molecule has 1 aliphatic heterocycles. The van der Waals surface area contributed by atoms with E-state index in [1.165, 1.54) is 11.1 Å². The van der Waals surface area contributed by atoms with E-state index in [0.717, 1.165) is 10.0 Å². The standard InChI is InChI=1S/C20H23Cl2NO/c1-12-18(14-4-8-16(21)9-5-14)23-19(13(2)20(12,3)24)15-6-10-17(22)11-7-15/h4-13,18-19,23-24H,1-3H3/p+1/t12-,13+,18-,19+,20?. The van der Waals surface area contributed by atoms with Gasteiger partial charge in [0.05, 0.1) is 5.60 Å². The van der Waals surface area contributed by atoms with Crippen LogP contribution < -0.4 is 5.32 Å². The monoisotopic (exact) mass is 364 g/mol. The summed E-state index contributed by atoms with van der Waals surface area (Å²) in [5.41, 5.74) is 1.62. The minimum absolute atomic E-state index is 0.122. The van der Waals surface area contributed by atoms with Gasteiger partial charge in [0.2, 0.25) is 0 Å². The molecule has 1 fully saturated rings. The summed E-state index contributed by atoms with van der Waals surface area (Å²) < 4.78 is 0. The summed E-state index contributed by atoms with van der Waals surface area (Å²) >= 11 is 12.1. The fourth-order valence-electron chi connectivity index (χ4n) is 3.87. The third kappa shape index (κ3) is 3.21. The second-order valence-corrected chi connectivity index (χ2v) is 8.02. The van der Waals surface area contributed by atoms with Crippen LogP contribution in [0, 0.1) is 11.8 Å². The number of hydrogen-bond donors (Lipinski definition) is 2. The Hall–Kier alpha value is -1.06. The maximum atomic E-state index is 11.2. The van der Waals surface area contributed by atoms with Crippen LogP contribution in [0.15, 0.2) is 48.5 Å². The van der Waals surface area contributed by atoms with Crippen molar-refractivity contribution in [1.82, 2.24) is 0 Å². The van der Waals surface area contributed by atoms with Crippen LogP contribution in [0.1, 0.15) is 44.0 Å². The van der Waals surface area contributed by atoms with E-state index in [1.807, 2.05) is 31.2 Å². The Morgan fingerprint density at radius 2 is 1.12 bits per heavy atom. The van der Waals surface area contributed by atoms with Gasteiger partial charge >= 0.3 is 0 Å². The molecule has 0 bridgehead atoms. The van der Waals surface area contributed by atoms with Crippen molar-refractivity contribution in [3.8, 4) is 0 Å². The second kappa shape index (κ2) is 6.68. The summed E-state index contributed by atoms with van der Waals surface area (Å²) in [5, 5.41) is 15.1. The quantitative estimate of drug-likeness (QED) is 0.814. The van der Waals surface area contributed by atoms with Gasteiger partial charge in [0.15, 0.2) is 0 Å². The van der Waals surface area contributed by atoms with Crippen molar-refractivity contribution in [1.29, 1.82) is 0 Å². The molecule has 128 valence electrons. The Kier molecular flexibility index (Phi) is 4.94. The van der Waals surface area contributed by atoms with Gasteiger partial charge < -0.3 is 10.4 Å². The zero-order valence-electron chi connectivity index (χ0n) is 14.2. The molecule has 24 heavy (non-hydrogen) atoms. The topological polar surface area (TPSA) is 36.8 Å². The number of rotatable bonds is 2. The molecule has 3 N–H and O–H groups in total. The SMILES string of the molecule is C[C@@H]1[C@H](c2ccc(Cl)cc2)[NH2+][C@H](c2ccc(Cl)cc2)[C@H](C)C1(C)O. The molecule has 1 heterocycles. The van der Waals surface area contributed by atoms with Crippen LogP contribution in [0.3, 0.4) is 0 Å². The lowest BCUT2D eigenvalue weighted by atomic mass is 9.67. The molecule has 2 aromatic carbocycles. The van der Waals surface area contributed by atoms with Crippen LogP contribution in [-0.4, -0.2) is 10.7 Å². The number of piperidine rings is 1. The molecule has 1 aliphatic rings. The lowest BCUT2D eigenvalue weighted by Gasteiger charge is -2.47. The van der Waals surface area contributed by atoms with Gasteiger partial charge in [-0.15, -0.1) is 0 Å². The molecular weight excluding hydrogens is 341 g/mol. The highest BCUT2D eigenvalue weighted by Crippen LogP contribution is 2.42. The van der Waals surface area contributed by atoms with Crippen LogP contribution in [-0.2, 0) is 0 Å². The van der Waals surface area contributed by atoms with Crippen molar-refractivity contribution >= 4 is 23.2 Å². The number of halogens is 2. The molecule has 1 unspecified atom stereocenters. The van der Waals surface area contributed by atoms with Gasteiger partial charge in [-0.2, -0.15) is 0 Å². The Morgan fingerprint density at radius 1 is 0.792 bits per heavy atom. The molecule has 3 rings (SSSR count). The summed E-state index contributed by atoms with van der Waals surface area (Å²) in [6.07, 6.45) is 0. The van der Waals surface area contributed by atoms with Crippen LogP contribution in [0.25, 0.3) is 0 Å². The van der Waals surface area contributed by atoms with E-state index in [-0.39, 0.29) is 23.9 Å². The summed E-state index contributed by atoms with van der Waals surface area (Å²) in [4.78, 5) is 0. The highest BCUT2D eigenvalue weighted by Gasteiger charge is 2.51. The minimum atomic E-state index is -0.761. The Balaban J connectivity index is 1.98. The zero-order valence-corrected chi connectivity index (χ0v) is 15.7. The second-order valence-electron chi connectivity index (χ2n) is 7.15. The Bertz CT molecular complexity index is 637. The molecular formula is C20H24Cl2NO+. The van der Waals surface area contributed by atoms with E-state index < -0.39 is 5.60 Å².